The smallest absolute Gasteiger partial charge is 0.321 e. The normalized spacial score (nSPS) is 16.0. The lowest BCUT2D eigenvalue weighted by Gasteiger charge is -2.40. The molecule has 5 rings (SSSR count). The first kappa shape index (κ1) is 22.1. The number of piperazine rings is 1. The first-order valence-corrected chi connectivity index (χ1v) is 11.5. The van der Waals surface area contributed by atoms with E-state index < -0.39 is 5.82 Å². The highest BCUT2D eigenvalue weighted by Gasteiger charge is 2.29. The number of anilines is 2. The Bertz CT molecular complexity index is 1350. The average molecular weight is 476 g/mol. The van der Waals surface area contributed by atoms with Crippen LogP contribution < -0.4 is 10.2 Å². The zero-order valence-corrected chi connectivity index (χ0v) is 19.3. The number of benzene rings is 3. The van der Waals surface area contributed by atoms with Gasteiger partial charge in [0, 0.05) is 47.7 Å². The number of amides is 2. The third-order valence-corrected chi connectivity index (χ3v) is 6.36. The molecule has 0 aliphatic carbocycles. The van der Waals surface area contributed by atoms with Crippen molar-refractivity contribution < 1.29 is 9.18 Å². The van der Waals surface area contributed by atoms with Gasteiger partial charge >= 0.3 is 6.03 Å². The van der Waals surface area contributed by atoms with E-state index >= 15 is 0 Å². The van der Waals surface area contributed by atoms with Crippen LogP contribution in [0.5, 0.6) is 0 Å². The van der Waals surface area contributed by atoms with Crippen LogP contribution in [-0.2, 0) is 0 Å². The maximum atomic E-state index is 13.4. The summed E-state index contributed by atoms with van der Waals surface area (Å²) >= 11 is 5.83. The van der Waals surface area contributed by atoms with Crippen molar-refractivity contribution in [2.24, 2.45) is 0 Å². The van der Waals surface area contributed by atoms with Gasteiger partial charge in [0.15, 0.2) is 5.82 Å². The minimum absolute atomic E-state index is 0.0246. The maximum absolute atomic E-state index is 13.4. The number of carbonyl (C=O) groups excluding carboxylic acids is 1. The van der Waals surface area contributed by atoms with E-state index in [1.54, 1.807) is 4.90 Å². The minimum atomic E-state index is -0.520. The number of aromatic nitrogens is 2. The van der Waals surface area contributed by atoms with E-state index in [1.807, 2.05) is 42.5 Å². The van der Waals surface area contributed by atoms with Gasteiger partial charge in [-0.3, -0.25) is 0 Å². The Morgan fingerprint density at radius 3 is 2.47 bits per heavy atom. The van der Waals surface area contributed by atoms with Crippen LogP contribution in [0.2, 0.25) is 5.02 Å². The van der Waals surface area contributed by atoms with E-state index in [0.717, 1.165) is 27.8 Å². The van der Waals surface area contributed by atoms with Gasteiger partial charge in [-0.2, -0.15) is 0 Å². The number of hydrogen-bond donors (Lipinski definition) is 1. The lowest BCUT2D eigenvalue weighted by atomic mass is 10.0. The van der Waals surface area contributed by atoms with Crippen molar-refractivity contribution in [2.45, 2.75) is 13.0 Å². The summed E-state index contributed by atoms with van der Waals surface area (Å²) in [5, 5.41) is 14.0. The van der Waals surface area contributed by atoms with Crippen LogP contribution in [0.1, 0.15) is 6.92 Å². The fourth-order valence-electron chi connectivity index (χ4n) is 4.34. The molecular formula is C26H23ClFN5O. The van der Waals surface area contributed by atoms with Crippen molar-refractivity contribution in [3.05, 3.63) is 83.6 Å². The van der Waals surface area contributed by atoms with Crippen molar-refractivity contribution in [2.75, 3.05) is 29.9 Å². The zero-order chi connectivity index (χ0) is 23.7. The van der Waals surface area contributed by atoms with Crippen molar-refractivity contribution in [3.8, 4) is 11.3 Å². The predicted octanol–water partition coefficient (Wildman–Crippen LogP) is 5.83. The molecule has 1 aliphatic rings. The zero-order valence-electron chi connectivity index (χ0n) is 18.6. The number of halogens is 2. The number of fused-ring (bicyclic) bond motifs is 1. The number of nitrogens with zero attached hydrogens (tertiary/aromatic N) is 4. The number of rotatable bonds is 3. The van der Waals surface area contributed by atoms with Crippen molar-refractivity contribution in [1.82, 2.24) is 15.1 Å². The van der Waals surface area contributed by atoms with Gasteiger partial charge in [-0.25, -0.2) is 9.18 Å². The lowest BCUT2D eigenvalue weighted by Crippen LogP contribution is -2.55. The summed E-state index contributed by atoms with van der Waals surface area (Å²) in [5.41, 5.74) is 2.33. The molecular weight excluding hydrogens is 453 g/mol. The van der Waals surface area contributed by atoms with Crippen LogP contribution in [-0.4, -0.2) is 46.8 Å². The molecule has 34 heavy (non-hydrogen) atoms. The number of urea groups is 1. The van der Waals surface area contributed by atoms with Crippen molar-refractivity contribution in [3.63, 3.8) is 0 Å². The molecule has 2 heterocycles. The highest BCUT2D eigenvalue weighted by atomic mass is 35.5. The molecule has 0 saturated carbocycles. The van der Waals surface area contributed by atoms with Crippen LogP contribution in [0.4, 0.5) is 20.7 Å². The van der Waals surface area contributed by atoms with E-state index in [4.69, 9.17) is 11.6 Å². The summed E-state index contributed by atoms with van der Waals surface area (Å²) in [4.78, 5) is 16.7. The summed E-state index contributed by atoms with van der Waals surface area (Å²) in [6, 6.07) is 22.1. The Morgan fingerprint density at radius 2 is 1.74 bits per heavy atom. The lowest BCUT2D eigenvalue weighted by molar-refractivity contribution is 0.200. The molecule has 1 atom stereocenters. The molecule has 0 spiro atoms. The molecule has 4 aromatic rings. The van der Waals surface area contributed by atoms with Gasteiger partial charge in [0.1, 0.15) is 11.5 Å². The largest absolute Gasteiger partial charge is 0.348 e. The monoisotopic (exact) mass is 475 g/mol. The van der Waals surface area contributed by atoms with E-state index in [2.05, 4.69) is 39.5 Å². The van der Waals surface area contributed by atoms with Gasteiger partial charge in [-0.05, 0) is 25.1 Å². The summed E-state index contributed by atoms with van der Waals surface area (Å²) in [6.45, 7) is 3.70. The van der Waals surface area contributed by atoms with Crippen LogP contribution >= 0.6 is 11.6 Å². The van der Waals surface area contributed by atoms with Gasteiger partial charge < -0.3 is 15.1 Å². The Kier molecular flexibility index (Phi) is 6.02. The second-order valence-corrected chi connectivity index (χ2v) is 8.74. The van der Waals surface area contributed by atoms with Gasteiger partial charge in [-0.1, -0.05) is 66.2 Å². The molecule has 1 saturated heterocycles. The first-order chi connectivity index (χ1) is 16.5. The standard InChI is InChI=1S/C26H23ClFN5O/c1-17-16-32(26(34)29-19-11-12-23(28)22(27)15-19)13-14-33(17)25-21-10-6-5-9-20(21)24(30-31-25)18-7-3-2-4-8-18/h2-12,15,17H,13-14,16H2,1H3,(H,29,34). The summed E-state index contributed by atoms with van der Waals surface area (Å²) < 4.78 is 13.4. The molecule has 172 valence electrons. The molecule has 0 radical (unpaired) electrons. The topological polar surface area (TPSA) is 61.4 Å². The average Bonchev–Trinajstić information content (AvgIpc) is 2.86. The van der Waals surface area contributed by atoms with Gasteiger partial charge in [0.2, 0.25) is 0 Å². The van der Waals surface area contributed by atoms with Gasteiger partial charge in [0.25, 0.3) is 0 Å². The second kappa shape index (κ2) is 9.27. The number of nitrogens with one attached hydrogen (secondary N) is 1. The fraction of sp³-hybridized carbons (Fsp3) is 0.192. The van der Waals surface area contributed by atoms with Crippen molar-refractivity contribution in [1.29, 1.82) is 0 Å². The number of carbonyl (C=O) groups is 1. The van der Waals surface area contributed by atoms with E-state index in [1.165, 1.54) is 18.2 Å². The summed E-state index contributed by atoms with van der Waals surface area (Å²) in [6.07, 6.45) is 0. The van der Waals surface area contributed by atoms with Gasteiger partial charge in [0.05, 0.1) is 5.02 Å². The molecule has 3 aromatic carbocycles. The Morgan fingerprint density at radius 1 is 1.00 bits per heavy atom. The molecule has 1 unspecified atom stereocenters. The Balaban J connectivity index is 1.36. The Hall–Kier alpha value is -3.71. The van der Waals surface area contributed by atoms with Crippen LogP contribution in [0.15, 0.2) is 72.8 Å². The number of hydrogen-bond acceptors (Lipinski definition) is 4. The van der Waals surface area contributed by atoms with Crippen LogP contribution in [0.3, 0.4) is 0 Å². The molecule has 8 heteroatoms. The second-order valence-electron chi connectivity index (χ2n) is 8.33. The quantitative estimate of drug-likeness (QED) is 0.405. The van der Waals surface area contributed by atoms with Crippen molar-refractivity contribution >= 4 is 39.9 Å². The first-order valence-electron chi connectivity index (χ1n) is 11.1. The molecule has 1 aliphatic heterocycles. The molecule has 0 bridgehead atoms. The molecule has 6 nitrogen and oxygen atoms in total. The molecule has 1 aromatic heterocycles. The molecule has 2 amide bonds. The van der Waals surface area contributed by atoms with Crippen LogP contribution in [0.25, 0.3) is 22.0 Å². The highest BCUT2D eigenvalue weighted by Crippen LogP contribution is 2.32. The van der Waals surface area contributed by atoms with E-state index in [0.29, 0.717) is 25.3 Å². The third-order valence-electron chi connectivity index (χ3n) is 6.07. The molecule has 1 fully saturated rings. The summed E-state index contributed by atoms with van der Waals surface area (Å²) in [7, 11) is 0. The van der Waals surface area contributed by atoms with E-state index in [-0.39, 0.29) is 17.1 Å². The maximum Gasteiger partial charge on any atom is 0.321 e. The Labute approximate surface area is 202 Å². The van der Waals surface area contributed by atoms with Gasteiger partial charge in [-0.15, -0.1) is 10.2 Å². The highest BCUT2D eigenvalue weighted by molar-refractivity contribution is 6.31. The molecule has 1 N–H and O–H groups in total. The SMILES string of the molecule is CC1CN(C(=O)Nc2ccc(F)c(Cl)c2)CCN1c1nnc(-c2ccccc2)c2ccccc12. The van der Waals surface area contributed by atoms with Crippen LogP contribution in [0, 0.1) is 5.82 Å². The fourth-order valence-corrected chi connectivity index (χ4v) is 4.52. The minimum Gasteiger partial charge on any atom is -0.348 e. The predicted molar refractivity (Wildman–Crippen MR) is 134 cm³/mol. The third kappa shape index (κ3) is 4.26. The summed E-state index contributed by atoms with van der Waals surface area (Å²) in [5.74, 6) is 0.293. The van der Waals surface area contributed by atoms with E-state index in [9.17, 15) is 9.18 Å².